The summed E-state index contributed by atoms with van der Waals surface area (Å²) in [7, 11) is -2.83. The lowest BCUT2D eigenvalue weighted by Crippen LogP contribution is -2.67. The largest absolute Gasteiger partial charge is 0.405 e. The number of hydrogen-bond acceptors (Lipinski definition) is 5. The minimum Gasteiger partial charge on any atom is -0.405 e. The summed E-state index contributed by atoms with van der Waals surface area (Å²) >= 11 is 5.64. The molecule has 0 spiro atoms. The molecular weight excluding hydrogens is 601 g/mol. The van der Waals surface area contributed by atoms with Crippen molar-refractivity contribution in [2.45, 2.75) is 58.4 Å². The van der Waals surface area contributed by atoms with Gasteiger partial charge in [-0.05, 0) is 60.0 Å². The molecule has 45 heavy (non-hydrogen) atoms. The van der Waals surface area contributed by atoms with Crippen molar-refractivity contribution in [3.63, 3.8) is 0 Å². The first-order valence-electron chi connectivity index (χ1n) is 15.3. The van der Waals surface area contributed by atoms with Crippen LogP contribution in [0.15, 0.2) is 101 Å². The third-order valence-electron chi connectivity index (χ3n) is 8.53. The fourth-order valence-electron chi connectivity index (χ4n) is 6.15. The molecule has 10 heteroatoms. The van der Waals surface area contributed by atoms with Crippen LogP contribution < -0.4 is 32.3 Å². The second-order valence-corrected chi connectivity index (χ2v) is 17.5. The maximum atomic E-state index is 12.9. The molecule has 1 fully saturated rings. The zero-order valence-corrected chi connectivity index (χ0v) is 28.3. The number of ether oxygens (including phenoxy) is 1. The second kappa shape index (κ2) is 13.7. The normalized spacial score (nSPS) is 18.5. The molecule has 0 saturated carbocycles. The summed E-state index contributed by atoms with van der Waals surface area (Å²) in [5.74, 6) is -0.0369. The molecule has 0 radical (unpaired) electrons. The summed E-state index contributed by atoms with van der Waals surface area (Å²) in [6, 6.07) is 29.0. The Bertz CT molecular complexity index is 1680. The van der Waals surface area contributed by atoms with Crippen molar-refractivity contribution in [3.8, 4) is 0 Å². The van der Waals surface area contributed by atoms with Crippen molar-refractivity contribution in [1.29, 1.82) is 0 Å². The molecule has 1 aliphatic rings. The Morgan fingerprint density at radius 1 is 0.978 bits per heavy atom. The van der Waals surface area contributed by atoms with Gasteiger partial charge in [-0.2, -0.15) is 0 Å². The van der Waals surface area contributed by atoms with Crippen LogP contribution in [0.3, 0.4) is 0 Å². The Morgan fingerprint density at radius 2 is 1.58 bits per heavy atom. The highest BCUT2D eigenvalue weighted by Gasteiger charge is 2.51. The molecule has 0 amide bonds. The minimum atomic E-state index is -2.83. The number of aromatic nitrogens is 2. The molecule has 0 aliphatic carbocycles. The smallest absolute Gasteiger partial charge is 0.330 e. The van der Waals surface area contributed by atoms with E-state index in [2.05, 4.69) is 84.9 Å². The predicted molar refractivity (Wildman–Crippen MR) is 187 cm³/mol. The van der Waals surface area contributed by atoms with E-state index in [1.807, 2.05) is 43.3 Å². The predicted octanol–water partition coefficient (Wildman–Crippen LogP) is 4.62. The molecule has 3 aromatic carbocycles. The van der Waals surface area contributed by atoms with Gasteiger partial charge in [-0.25, -0.2) is 4.79 Å². The van der Waals surface area contributed by atoms with Gasteiger partial charge in [0.05, 0.1) is 12.7 Å². The highest BCUT2D eigenvalue weighted by atomic mass is 32.1. The van der Waals surface area contributed by atoms with Gasteiger partial charge < -0.3 is 19.8 Å². The molecule has 1 aromatic heterocycles. The van der Waals surface area contributed by atoms with Crippen molar-refractivity contribution < 1.29 is 9.16 Å². The topological polar surface area (TPSA) is 97.4 Å². The lowest BCUT2D eigenvalue weighted by Gasteiger charge is -2.43. The number of nitrogens with zero attached hydrogens (tertiary/aromatic N) is 1. The molecular formula is C35H42N4O4SSi. The number of H-pyrrole nitrogens is 1. The number of anilines is 1. The van der Waals surface area contributed by atoms with Crippen molar-refractivity contribution >= 4 is 41.7 Å². The van der Waals surface area contributed by atoms with Gasteiger partial charge in [0, 0.05) is 29.9 Å². The third kappa shape index (κ3) is 7.20. The molecule has 8 nitrogen and oxygen atoms in total. The third-order valence-corrected chi connectivity index (χ3v) is 13.8. The fourth-order valence-corrected chi connectivity index (χ4v) is 10.9. The van der Waals surface area contributed by atoms with Gasteiger partial charge in [0.2, 0.25) is 0 Å². The second-order valence-electron chi connectivity index (χ2n) is 12.8. The first-order valence-corrected chi connectivity index (χ1v) is 17.6. The van der Waals surface area contributed by atoms with E-state index >= 15 is 0 Å². The van der Waals surface area contributed by atoms with Crippen LogP contribution in [0.4, 0.5) is 5.69 Å². The van der Waals surface area contributed by atoms with Gasteiger partial charge in [0.1, 0.15) is 6.23 Å². The van der Waals surface area contributed by atoms with E-state index in [9.17, 15) is 9.59 Å². The number of aromatic amines is 1. The van der Waals surface area contributed by atoms with E-state index < -0.39 is 25.8 Å². The lowest BCUT2D eigenvalue weighted by molar-refractivity contribution is -0.0290. The molecule has 2 heterocycles. The van der Waals surface area contributed by atoms with Crippen LogP contribution in [-0.2, 0) is 9.16 Å². The summed E-state index contributed by atoms with van der Waals surface area (Å²) in [5, 5.41) is 9.29. The summed E-state index contributed by atoms with van der Waals surface area (Å²) in [5.41, 5.74) is 1.63. The monoisotopic (exact) mass is 642 g/mol. The average molecular weight is 643 g/mol. The van der Waals surface area contributed by atoms with Crippen LogP contribution in [0, 0.1) is 19.8 Å². The van der Waals surface area contributed by atoms with E-state index in [4.69, 9.17) is 21.4 Å². The first-order chi connectivity index (χ1) is 21.5. The van der Waals surface area contributed by atoms with Crippen molar-refractivity contribution in [2.24, 2.45) is 5.92 Å². The number of hydrogen-bond donors (Lipinski definition) is 3. The first kappa shape index (κ1) is 32.6. The number of nitrogens with one attached hydrogen (secondary N) is 3. The quantitative estimate of drug-likeness (QED) is 0.181. The van der Waals surface area contributed by atoms with E-state index in [0.29, 0.717) is 30.2 Å². The molecule has 0 bridgehead atoms. The Morgan fingerprint density at radius 3 is 2.16 bits per heavy atom. The van der Waals surface area contributed by atoms with E-state index in [-0.39, 0.29) is 17.1 Å². The summed E-state index contributed by atoms with van der Waals surface area (Å²) in [4.78, 5) is 27.4. The molecule has 5 rings (SSSR count). The zero-order chi connectivity index (χ0) is 32.2. The van der Waals surface area contributed by atoms with Gasteiger partial charge in [-0.1, -0.05) is 99.1 Å². The Hall–Kier alpha value is -3.83. The van der Waals surface area contributed by atoms with Crippen LogP contribution in [0.2, 0.25) is 5.04 Å². The van der Waals surface area contributed by atoms with Gasteiger partial charge >= 0.3 is 5.69 Å². The number of aryl methyl sites for hydroxylation is 2. The summed E-state index contributed by atoms with van der Waals surface area (Å²) in [6.45, 7) is 11.3. The van der Waals surface area contributed by atoms with Gasteiger partial charge in [0.25, 0.3) is 13.9 Å². The Balaban J connectivity index is 1.44. The highest BCUT2D eigenvalue weighted by Crippen LogP contribution is 2.39. The van der Waals surface area contributed by atoms with Crippen LogP contribution in [0.5, 0.6) is 0 Å². The fraction of sp³-hybridized carbons (Fsp3) is 0.343. The Kier molecular flexibility index (Phi) is 9.88. The molecule has 3 N–H and O–H groups in total. The van der Waals surface area contributed by atoms with Crippen molar-refractivity contribution in [3.05, 3.63) is 123 Å². The van der Waals surface area contributed by atoms with Crippen LogP contribution in [0.25, 0.3) is 0 Å². The number of benzene rings is 3. The molecule has 3 atom stereocenters. The van der Waals surface area contributed by atoms with Crippen LogP contribution >= 0.6 is 12.2 Å². The molecule has 236 valence electrons. The zero-order valence-electron chi connectivity index (χ0n) is 26.5. The molecule has 4 aromatic rings. The number of rotatable bonds is 9. The highest BCUT2D eigenvalue weighted by molar-refractivity contribution is 7.80. The van der Waals surface area contributed by atoms with Crippen LogP contribution in [0.1, 0.15) is 44.5 Å². The van der Waals surface area contributed by atoms with Gasteiger partial charge in [-0.15, -0.1) is 0 Å². The molecule has 1 saturated heterocycles. The van der Waals surface area contributed by atoms with E-state index in [0.717, 1.165) is 5.69 Å². The standard InChI is InChI=1S/C35H42N4O4SSi/c1-24-16-18-27(19-17-24)37-33(44)36-21-26-20-31(39-22-25(2)32(40)38-34(39)41)43-30(26)23-42-45(35(3,4)5,28-12-8-6-9-13-28)29-14-10-7-11-15-29/h6-19,22,26,30-31H,20-21,23H2,1-5H3,(H2,36,37,44)(H,38,40,41)/t26-,30-,31-/m1/s1. The summed E-state index contributed by atoms with van der Waals surface area (Å²) < 4.78 is 15.3. The SMILES string of the molecule is Cc1ccc(NC(=S)NC[C@H]2C[C@H](n3cc(C)c(=O)[nH]c3=O)O[C@@H]2CO[Si](c2ccccc2)(c2ccccc2)C(C)(C)C)cc1. The van der Waals surface area contributed by atoms with Crippen molar-refractivity contribution in [2.75, 3.05) is 18.5 Å². The van der Waals surface area contributed by atoms with Crippen LogP contribution in [-0.4, -0.2) is 42.2 Å². The maximum absolute atomic E-state index is 12.9. The van der Waals surface area contributed by atoms with E-state index in [1.165, 1.54) is 20.5 Å². The van der Waals surface area contributed by atoms with Gasteiger partial charge in [0.15, 0.2) is 5.11 Å². The summed E-state index contributed by atoms with van der Waals surface area (Å²) in [6.07, 6.45) is 1.21. The van der Waals surface area contributed by atoms with Gasteiger partial charge in [-0.3, -0.25) is 14.3 Å². The average Bonchev–Trinajstić information content (AvgIpc) is 3.42. The van der Waals surface area contributed by atoms with E-state index in [1.54, 1.807) is 13.1 Å². The maximum Gasteiger partial charge on any atom is 0.330 e. The molecule has 0 unspecified atom stereocenters. The lowest BCUT2D eigenvalue weighted by atomic mass is 10.0. The molecule has 1 aliphatic heterocycles. The number of thiocarbonyl (C=S) groups is 1. The Labute approximate surface area is 271 Å². The van der Waals surface area contributed by atoms with Crippen molar-refractivity contribution in [1.82, 2.24) is 14.9 Å². The minimum absolute atomic E-state index is 0.0369.